The van der Waals surface area contributed by atoms with Crippen molar-refractivity contribution in [2.75, 3.05) is 0 Å². The lowest BCUT2D eigenvalue weighted by Crippen LogP contribution is -2.25. The van der Waals surface area contributed by atoms with Crippen LogP contribution in [-0.4, -0.2) is 27.5 Å². The van der Waals surface area contributed by atoms with Gasteiger partial charge in [-0.2, -0.15) is 8.78 Å². The van der Waals surface area contributed by atoms with Crippen LogP contribution in [0, 0.1) is 5.82 Å². The molecule has 0 fully saturated rings. The number of benzene rings is 1. The first kappa shape index (κ1) is 13.2. The third-order valence-corrected chi connectivity index (χ3v) is 2.37. The first-order chi connectivity index (χ1) is 8.73. The van der Waals surface area contributed by atoms with Crippen molar-refractivity contribution in [2.45, 2.75) is 12.3 Å². The molecular weight excluding hydrogens is 275 g/mol. The molecular formula is C10H5F5N2O2. The van der Waals surface area contributed by atoms with Crippen LogP contribution in [0.4, 0.5) is 22.0 Å². The van der Waals surface area contributed by atoms with Gasteiger partial charge in [0, 0.05) is 0 Å². The van der Waals surface area contributed by atoms with Gasteiger partial charge in [-0.15, -0.1) is 0 Å². The average Bonchev–Trinajstić information content (AvgIpc) is 2.71. The number of rotatable bonds is 3. The standard InChI is InChI=1S/C10H5F5N2O2/c11-3-1-4(7(18)19)6-5(2-3)16-9(17-6)10(14,15)8(12)13/h1-2,8H,(H,16,17)(H,18,19). The van der Waals surface area contributed by atoms with E-state index < -0.39 is 46.6 Å². The smallest absolute Gasteiger partial charge is 0.363 e. The van der Waals surface area contributed by atoms with Crippen molar-refractivity contribution in [3.63, 3.8) is 0 Å². The topological polar surface area (TPSA) is 66.0 Å². The fraction of sp³-hybridized carbons (Fsp3) is 0.200. The molecule has 1 aromatic heterocycles. The van der Waals surface area contributed by atoms with Crippen molar-refractivity contribution in [2.24, 2.45) is 0 Å². The van der Waals surface area contributed by atoms with Gasteiger partial charge in [-0.1, -0.05) is 0 Å². The fourth-order valence-corrected chi connectivity index (χ4v) is 1.51. The SMILES string of the molecule is O=C(O)c1cc(F)cc2[nH]c(C(F)(F)C(F)F)nc12. The molecule has 19 heavy (non-hydrogen) atoms. The Morgan fingerprint density at radius 3 is 2.53 bits per heavy atom. The highest BCUT2D eigenvalue weighted by molar-refractivity contribution is 6.01. The molecule has 0 aliphatic heterocycles. The number of hydrogen-bond acceptors (Lipinski definition) is 2. The van der Waals surface area contributed by atoms with Crippen molar-refractivity contribution < 1.29 is 31.9 Å². The van der Waals surface area contributed by atoms with Gasteiger partial charge in [0.15, 0.2) is 5.82 Å². The highest BCUT2D eigenvalue weighted by Gasteiger charge is 2.46. The third kappa shape index (κ3) is 2.11. The Morgan fingerprint density at radius 2 is 2.00 bits per heavy atom. The van der Waals surface area contributed by atoms with Crippen molar-refractivity contribution in [1.82, 2.24) is 9.97 Å². The molecule has 9 heteroatoms. The van der Waals surface area contributed by atoms with Gasteiger partial charge in [-0.3, -0.25) is 0 Å². The van der Waals surface area contributed by atoms with Gasteiger partial charge in [-0.25, -0.2) is 22.9 Å². The van der Waals surface area contributed by atoms with E-state index in [-0.39, 0.29) is 0 Å². The molecule has 0 bridgehead atoms. The van der Waals surface area contributed by atoms with E-state index in [1.807, 2.05) is 4.98 Å². The minimum atomic E-state index is -4.58. The number of H-pyrrole nitrogens is 1. The van der Waals surface area contributed by atoms with Crippen LogP contribution in [0.15, 0.2) is 12.1 Å². The van der Waals surface area contributed by atoms with Crippen molar-refractivity contribution >= 4 is 17.0 Å². The monoisotopic (exact) mass is 280 g/mol. The number of halogens is 5. The van der Waals surface area contributed by atoms with Gasteiger partial charge >= 0.3 is 18.3 Å². The summed E-state index contributed by atoms with van der Waals surface area (Å²) in [5, 5.41) is 8.77. The lowest BCUT2D eigenvalue weighted by molar-refractivity contribution is -0.140. The van der Waals surface area contributed by atoms with E-state index >= 15 is 0 Å². The summed E-state index contributed by atoms with van der Waals surface area (Å²) in [6.07, 6.45) is -4.02. The third-order valence-electron chi connectivity index (χ3n) is 2.37. The Labute approximate surface area is 101 Å². The zero-order valence-corrected chi connectivity index (χ0v) is 8.92. The summed E-state index contributed by atoms with van der Waals surface area (Å²) in [5.41, 5.74) is -1.60. The number of nitrogens with one attached hydrogen (secondary N) is 1. The van der Waals surface area contributed by atoms with E-state index in [0.29, 0.717) is 12.1 Å². The van der Waals surface area contributed by atoms with Crippen LogP contribution in [0.25, 0.3) is 11.0 Å². The molecule has 1 aromatic carbocycles. The normalized spacial score (nSPS) is 12.3. The van der Waals surface area contributed by atoms with E-state index in [0.717, 1.165) is 0 Å². The van der Waals surface area contributed by atoms with Crippen molar-refractivity contribution in [3.05, 3.63) is 29.3 Å². The fourth-order valence-electron chi connectivity index (χ4n) is 1.51. The molecule has 0 aliphatic rings. The molecule has 0 saturated heterocycles. The van der Waals surface area contributed by atoms with Crippen LogP contribution in [0.1, 0.15) is 16.2 Å². The maximum atomic E-state index is 13.1. The number of nitrogens with zero attached hydrogens (tertiary/aromatic N) is 1. The van der Waals surface area contributed by atoms with E-state index in [4.69, 9.17) is 5.11 Å². The Hall–Kier alpha value is -2.19. The van der Waals surface area contributed by atoms with Gasteiger partial charge < -0.3 is 10.1 Å². The molecule has 0 spiro atoms. The molecule has 102 valence electrons. The van der Waals surface area contributed by atoms with Crippen LogP contribution in [0.5, 0.6) is 0 Å². The number of carboxylic acids is 1. The predicted octanol–water partition coefficient (Wildman–Crippen LogP) is 2.76. The first-order valence-corrected chi connectivity index (χ1v) is 4.82. The number of aromatic carboxylic acids is 1. The zero-order chi connectivity index (χ0) is 14.4. The van der Waals surface area contributed by atoms with Crippen LogP contribution in [-0.2, 0) is 5.92 Å². The maximum Gasteiger partial charge on any atom is 0.363 e. The second-order valence-corrected chi connectivity index (χ2v) is 3.66. The lowest BCUT2D eigenvalue weighted by atomic mass is 10.2. The van der Waals surface area contributed by atoms with Gasteiger partial charge in [0.25, 0.3) is 0 Å². The number of carboxylic acid groups (broad SMARTS) is 1. The van der Waals surface area contributed by atoms with E-state index in [9.17, 15) is 26.7 Å². The van der Waals surface area contributed by atoms with Crippen molar-refractivity contribution in [3.8, 4) is 0 Å². The minimum Gasteiger partial charge on any atom is -0.478 e. The summed E-state index contributed by atoms with van der Waals surface area (Å²) in [5.74, 6) is -8.61. The summed E-state index contributed by atoms with van der Waals surface area (Å²) in [6, 6.07) is 1.26. The number of fused-ring (bicyclic) bond motifs is 1. The predicted molar refractivity (Wildman–Crippen MR) is 52.9 cm³/mol. The van der Waals surface area contributed by atoms with Crippen LogP contribution in [0.3, 0.4) is 0 Å². The Kier molecular flexibility index (Phi) is 2.91. The zero-order valence-electron chi connectivity index (χ0n) is 8.92. The van der Waals surface area contributed by atoms with Gasteiger partial charge in [0.05, 0.1) is 11.1 Å². The van der Waals surface area contributed by atoms with Crippen LogP contribution in [0.2, 0.25) is 0 Å². The number of carbonyl (C=O) groups is 1. The van der Waals surface area contributed by atoms with E-state index in [1.54, 1.807) is 0 Å². The number of aromatic amines is 1. The molecule has 2 aromatic rings. The number of aromatic nitrogens is 2. The highest BCUT2D eigenvalue weighted by atomic mass is 19.3. The largest absolute Gasteiger partial charge is 0.478 e. The summed E-state index contributed by atoms with van der Waals surface area (Å²) in [7, 11) is 0. The van der Waals surface area contributed by atoms with Crippen LogP contribution < -0.4 is 0 Å². The van der Waals surface area contributed by atoms with Crippen LogP contribution >= 0.6 is 0 Å². The molecule has 0 radical (unpaired) electrons. The summed E-state index contributed by atoms with van der Waals surface area (Å²) in [6.45, 7) is 0. The van der Waals surface area contributed by atoms with Gasteiger partial charge in [-0.05, 0) is 12.1 Å². The molecule has 4 nitrogen and oxygen atoms in total. The molecule has 0 amide bonds. The lowest BCUT2D eigenvalue weighted by Gasteiger charge is -2.11. The molecule has 0 atom stereocenters. The summed E-state index contributed by atoms with van der Waals surface area (Å²) >= 11 is 0. The van der Waals surface area contributed by atoms with E-state index in [1.165, 1.54) is 0 Å². The number of imidazole rings is 1. The van der Waals surface area contributed by atoms with E-state index in [2.05, 4.69) is 4.98 Å². The number of hydrogen-bond donors (Lipinski definition) is 2. The summed E-state index contributed by atoms with van der Waals surface area (Å²) in [4.78, 5) is 15.7. The number of alkyl halides is 4. The summed E-state index contributed by atoms with van der Waals surface area (Å²) < 4.78 is 63.5. The molecule has 1 heterocycles. The molecule has 2 N–H and O–H groups in total. The molecule has 0 unspecified atom stereocenters. The average molecular weight is 280 g/mol. The second-order valence-electron chi connectivity index (χ2n) is 3.66. The van der Waals surface area contributed by atoms with Crippen molar-refractivity contribution in [1.29, 1.82) is 0 Å². The van der Waals surface area contributed by atoms with Gasteiger partial charge in [0.2, 0.25) is 0 Å². The maximum absolute atomic E-state index is 13.1. The molecule has 0 aliphatic carbocycles. The Balaban J connectivity index is 2.70. The highest BCUT2D eigenvalue weighted by Crippen LogP contribution is 2.34. The molecule has 2 rings (SSSR count). The Morgan fingerprint density at radius 1 is 1.37 bits per heavy atom. The first-order valence-electron chi connectivity index (χ1n) is 4.82. The quantitative estimate of drug-likeness (QED) is 0.849. The molecule has 0 saturated carbocycles. The second kappa shape index (κ2) is 4.18. The van der Waals surface area contributed by atoms with Gasteiger partial charge in [0.1, 0.15) is 11.3 Å². The Bertz CT molecular complexity index is 653. The minimum absolute atomic E-state index is 0.396.